The SMILES string of the molecule is CC(C)c1ccc(-c2nc(CSc3nnnn3Cc3ccco3)cs2)cc1. The average Bonchev–Trinajstić information content (AvgIpc) is 3.43. The van der Waals surface area contributed by atoms with Gasteiger partial charge in [-0.05, 0) is 34.0 Å². The summed E-state index contributed by atoms with van der Waals surface area (Å²) in [6.45, 7) is 4.92. The maximum Gasteiger partial charge on any atom is 0.210 e. The second kappa shape index (κ2) is 8.06. The van der Waals surface area contributed by atoms with E-state index in [9.17, 15) is 0 Å². The van der Waals surface area contributed by atoms with Crippen LogP contribution in [0.1, 0.15) is 36.8 Å². The van der Waals surface area contributed by atoms with Crippen LogP contribution in [0.5, 0.6) is 0 Å². The maximum absolute atomic E-state index is 5.36. The summed E-state index contributed by atoms with van der Waals surface area (Å²) in [4.78, 5) is 4.76. The number of nitrogens with zero attached hydrogens (tertiary/aromatic N) is 5. The van der Waals surface area contributed by atoms with E-state index < -0.39 is 0 Å². The summed E-state index contributed by atoms with van der Waals surface area (Å²) in [6.07, 6.45) is 1.65. The molecule has 0 saturated carbocycles. The summed E-state index contributed by atoms with van der Waals surface area (Å²) in [5, 5.41) is 15.8. The van der Waals surface area contributed by atoms with Gasteiger partial charge >= 0.3 is 0 Å². The summed E-state index contributed by atoms with van der Waals surface area (Å²) in [6, 6.07) is 12.4. The molecule has 0 saturated heterocycles. The topological polar surface area (TPSA) is 69.6 Å². The lowest BCUT2D eigenvalue weighted by Gasteiger charge is -2.05. The molecule has 0 radical (unpaired) electrons. The summed E-state index contributed by atoms with van der Waals surface area (Å²) < 4.78 is 7.10. The first-order valence-corrected chi connectivity index (χ1v) is 10.5. The molecule has 4 aromatic rings. The zero-order valence-corrected chi connectivity index (χ0v) is 16.7. The van der Waals surface area contributed by atoms with Crippen LogP contribution in [0.2, 0.25) is 0 Å². The average molecular weight is 398 g/mol. The highest BCUT2D eigenvalue weighted by Gasteiger charge is 2.11. The Kier molecular flexibility index (Phi) is 5.35. The number of thiazole rings is 1. The van der Waals surface area contributed by atoms with E-state index in [1.807, 2.05) is 12.1 Å². The number of benzene rings is 1. The third kappa shape index (κ3) is 4.28. The van der Waals surface area contributed by atoms with Crippen molar-refractivity contribution in [2.75, 3.05) is 0 Å². The Bertz CT molecular complexity index is 989. The fourth-order valence-electron chi connectivity index (χ4n) is 2.60. The lowest BCUT2D eigenvalue weighted by atomic mass is 10.0. The van der Waals surface area contributed by atoms with Crippen molar-refractivity contribution in [3.8, 4) is 10.6 Å². The van der Waals surface area contributed by atoms with E-state index in [2.05, 4.69) is 59.0 Å². The predicted molar refractivity (Wildman–Crippen MR) is 107 cm³/mol. The molecule has 0 unspecified atom stereocenters. The van der Waals surface area contributed by atoms with Crippen molar-refractivity contribution in [3.05, 3.63) is 65.1 Å². The molecule has 27 heavy (non-hydrogen) atoms. The van der Waals surface area contributed by atoms with Gasteiger partial charge < -0.3 is 4.42 Å². The van der Waals surface area contributed by atoms with E-state index in [1.54, 1.807) is 34.0 Å². The Morgan fingerprint density at radius 1 is 1.19 bits per heavy atom. The molecule has 0 fully saturated rings. The molecule has 0 atom stereocenters. The molecule has 0 spiro atoms. The van der Waals surface area contributed by atoms with E-state index >= 15 is 0 Å². The van der Waals surface area contributed by atoms with E-state index in [4.69, 9.17) is 9.40 Å². The van der Waals surface area contributed by atoms with Gasteiger partial charge in [-0.3, -0.25) is 0 Å². The summed E-state index contributed by atoms with van der Waals surface area (Å²) in [7, 11) is 0. The molecule has 0 aliphatic heterocycles. The Labute approximate surface area is 165 Å². The van der Waals surface area contributed by atoms with E-state index in [1.165, 1.54) is 5.56 Å². The van der Waals surface area contributed by atoms with Crippen LogP contribution in [0.4, 0.5) is 0 Å². The Hall–Kier alpha value is -2.45. The first kappa shape index (κ1) is 17.9. The van der Waals surface area contributed by atoms with E-state index in [0.717, 1.165) is 32.9 Å². The Morgan fingerprint density at radius 3 is 2.78 bits per heavy atom. The van der Waals surface area contributed by atoms with Crippen molar-refractivity contribution in [2.45, 2.75) is 37.2 Å². The van der Waals surface area contributed by atoms with E-state index in [0.29, 0.717) is 12.5 Å². The standard InChI is InChI=1S/C19H19N5OS2/c1-13(2)14-5-7-15(8-6-14)18-20-16(11-26-18)12-27-19-21-22-23-24(19)10-17-4-3-9-25-17/h3-9,11,13H,10,12H2,1-2H3. The number of aromatic nitrogens is 5. The molecule has 0 N–H and O–H groups in total. The third-order valence-electron chi connectivity index (χ3n) is 4.11. The van der Waals surface area contributed by atoms with Gasteiger partial charge in [0.25, 0.3) is 0 Å². The molecule has 0 bridgehead atoms. The smallest absolute Gasteiger partial charge is 0.210 e. The molecular weight excluding hydrogens is 378 g/mol. The molecule has 4 rings (SSSR count). The highest BCUT2D eigenvalue weighted by atomic mass is 32.2. The highest BCUT2D eigenvalue weighted by molar-refractivity contribution is 7.98. The second-order valence-electron chi connectivity index (χ2n) is 6.41. The zero-order valence-electron chi connectivity index (χ0n) is 15.1. The van der Waals surface area contributed by atoms with Gasteiger partial charge in [-0.1, -0.05) is 49.9 Å². The van der Waals surface area contributed by atoms with Crippen LogP contribution in [0, 0.1) is 0 Å². The summed E-state index contributed by atoms with van der Waals surface area (Å²) in [5.74, 6) is 2.08. The molecule has 0 amide bonds. The Balaban J connectivity index is 1.41. The van der Waals surface area contributed by atoms with Gasteiger partial charge in [0.05, 0.1) is 12.0 Å². The van der Waals surface area contributed by atoms with Crippen molar-refractivity contribution in [3.63, 3.8) is 0 Å². The van der Waals surface area contributed by atoms with Gasteiger partial charge in [-0.15, -0.1) is 16.4 Å². The van der Waals surface area contributed by atoms with Gasteiger partial charge in [-0.2, -0.15) is 0 Å². The first-order chi connectivity index (χ1) is 13.2. The maximum atomic E-state index is 5.36. The molecule has 6 nitrogen and oxygen atoms in total. The van der Waals surface area contributed by atoms with Crippen molar-refractivity contribution in [2.24, 2.45) is 0 Å². The molecule has 138 valence electrons. The van der Waals surface area contributed by atoms with Crippen LogP contribution >= 0.6 is 23.1 Å². The van der Waals surface area contributed by atoms with Crippen molar-refractivity contribution in [1.82, 2.24) is 25.2 Å². The fourth-order valence-corrected chi connectivity index (χ4v) is 4.30. The van der Waals surface area contributed by atoms with Gasteiger partial charge in [0.2, 0.25) is 5.16 Å². The molecule has 0 aliphatic carbocycles. The van der Waals surface area contributed by atoms with Crippen LogP contribution in [-0.2, 0) is 12.3 Å². The van der Waals surface area contributed by atoms with E-state index in [-0.39, 0.29) is 0 Å². The number of hydrogen-bond donors (Lipinski definition) is 0. The minimum atomic E-state index is 0.521. The molecule has 0 aliphatic rings. The van der Waals surface area contributed by atoms with Crippen molar-refractivity contribution in [1.29, 1.82) is 0 Å². The summed E-state index contributed by atoms with van der Waals surface area (Å²) >= 11 is 3.24. The van der Waals surface area contributed by atoms with Crippen LogP contribution in [0.15, 0.2) is 57.6 Å². The van der Waals surface area contributed by atoms with Gasteiger partial charge in [0.15, 0.2) is 0 Å². The minimum Gasteiger partial charge on any atom is -0.467 e. The molecule has 3 aromatic heterocycles. The van der Waals surface area contributed by atoms with Crippen molar-refractivity contribution >= 4 is 23.1 Å². The Morgan fingerprint density at radius 2 is 2.04 bits per heavy atom. The monoisotopic (exact) mass is 397 g/mol. The number of tetrazole rings is 1. The minimum absolute atomic E-state index is 0.521. The highest BCUT2D eigenvalue weighted by Crippen LogP contribution is 2.28. The van der Waals surface area contributed by atoms with Gasteiger partial charge in [-0.25, -0.2) is 9.67 Å². The van der Waals surface area contributed by atoms with Crippen molar-refractivity contribution < 1.29 is 4.42 Å². The molecule has 3 heterocycles. The van der Waals surface area contributed by atoms with Crippen LogP contribution in [0.3, 0.4) is 0 Å². The lowest BCUT2D eigenvalue weighted by molar-refractivity contribution is 0.462. The number of thioether (sulfide) groups is 1. The largest absolute Gasteiger partial charge is 0.467 e. The van der Waals surface area contributed by atoms with Crippen LogP contribution in [0.25, 0.3) is 10.6 Å². The normalized spacial score (nSPS) is 11.4. The predicted octanol–water partition coefficient (Wildman–Crippen LogP) is 4.85. The molecular formula is C19H19N5OS2. The zero-order chi connectivity index (χ0) is 18.6. The number of rotatable bonds is 7. The lowest BCUT2D eigenvalue weighted by Crippen LogP contribution is -2.03. The van der Waals surface area contributed by atoms with Gasteiger partial charge in [0.1, 0.15) is 17.3 Å². The molecule has 8 heteroatoms. The summed E-state index contributed by atoms with van der Waals surface area (Å²) in [5.41, 5.74) is 3.53. The van der Waals surface area contributed by atoms with Crippen LogP contribution < -0.4 is 0 Å². The first-order valence-electron chi connectivity index (χ1n) is 8.65. The molecule has 1 aromatic carbocycles. The third-order valence-corrected chi connectivity index (χ3v) is 6.04. The fraction of sp³-hybridized carbons (Fsp3) is 0.263. The van der Waals surface area contributed by atoms with Crippen LogP contribution in [-0.4, -0.2) is 25.2 Å². The number of hydrogen-bond acceptors (Lipinski definition) is 7. The van der Waals surface area contributed by atoms with Gasteiger partial charge in [0, 0.05) is 16.7 Å². The quantitative estimate of drug-likeness (QED) is 0.415. The second-order valence-corrected chi connectivity index (χ2v) is 8.21. The number of furan rings is 1.